The molecule has 2 N–H and O–H groups in total. The van der Waals surface area contributed by atoms with Crippen molar-refractivity contribution in [1.29, 1.82) is 0 Å². The molecule has 0 bridgehead atoms. The maximum atomic E-state index is 12.8. The van der Waals surface area contributed by atoms with E-state index in [1.165, 1.54) is 12.1 Å². The normalized spacial score (nSPS) is 16.8. The van der Waals surface area contributed by atoms with Gasteiger partial charge in [0.15, 0.2) is 0 Å². The van der Waals surface area contributed by atoms with Gasteiger partial charge in [-0.3, -0.25) is 0 Å². The van der Waals surface area contributed by atoms with E-state index in [2.05, 4.69) is 6.92 Å². The number of hydrogen-bond acceptors (Lipinski definition) is 2. The number of ether oxygens (including phenoxy) is 1. The second-order valence-corrected chi connectivity index (χ2v) is 4.47. The van der Waals surface area contributed by atoms with Crippen LogP contribution in [0.15, 0.2) is 24.3 Å². The van der Waals surface area contributed by atoms with E-state index in [9.17, 15) is 4.39 Å². The molecule has 0 aliphatic carbocycles. The van der Waals surface area contributed by atoms with Gasteiger partial charge in [0.2, 0.25) is 0 Å². The van der Waals surface area contributed by atoms with Crippen molar-refractivity contribution in [3.8, 4) is 0 Å². The van der Waals surface area contributed by atoms with Crippen molar-refractivity contribution in [2.75, 3.05) is 13.7 Å². The monoisotopic (exact) mass is 225 g/mol. The van der Waals surface area contributed by atoms with Crippen LogP contribution < -0.4 is 5.73 Å². The van der Waals surface area contributed by atoms with E-state index >= 15 is 0 Å². The van der Waals surface area contributed by atoms with Gasteiger partial charge in [0.25, 0.3) is 0 Å². The molecule has 90 valence electrons. The zero-order chi connectivity index (χ0) is 12.2. The first-order chi connectivity index (χ1) is 7.48. The van der Waals surface area contributed by atoms with Gasteiger partial charge in [-0.25, -0.2) is 4.39 Å². The fourth-order valence-electron chi connectivity index (χ4n) is 1.69. The van der Waals surface area contributed by atoms with Crippen LogP contribution in [0.5, 0.6) is 0 Å². The Morgan fingerprint density at radius 3 is 2.44 bits per heavy atom. The lowest BCUT2D eigenvalue weighted by Gasteiger charge is -2.32. The largest absolute Gasteiger partial charge is 0.385 e. The summed E-state index contributed by atoms with van der Waals surface area (Å²) in [6.07, 6.45) is 0.890. The molecule has 0 amide bonds. The summed E-state index contributed by atoms with van der Waals surface area (Å²) >= 11 is 0. The molecule has 16 heavy (non-hydrogen) atoms. The minimum atomic E-state index is -0.452. The number of rotatable bonds is 5. The summed E-state index contributed by atoms with van der Waals surface area (Å²) < 4.78 is 17.9. The standard InChI is InChI=1S/C13H20FNO/c1-10(8-9-16-3)13(2,15)11-4-6-12(14)7-5-11/h4-7,10H,8-9,15H2,1-3H3. The molecule has 1 aromatic rings. The van der Waals surface area contributed by atoms with Crippen LogP contribution in [-0.4, -0.2) is 13.7 Å². The fraction of sp³-hybridized carbons (Fsp3) is 0.538. The van der Waals surface area contributed by atoms with Crippen molar-refractivity contribution in [3.05, 3.63) is 35.6 Å². The SMILES string of the molecule is COCCC(C)C(C)(N)c1ccc(F)cc1. The predicted octanol–water partition coefficient (Wildman–Crippen LogP) is 2.67. The Bertz CT molecular complexity index is 321. The van der Waals surface area contributed by atoms with Crippen LogP contribution in [0.4, 0.5) is 4.39 Å². The Hall–Kier alpha value is -0.930. The molecule has 0 aliphatic heterocycles. The Morgan fingerprint density at radius 1 is 1.38 bits per heavy atom. The summed E-state index contributed by atoms with van der Waals surface area (Å²) in [6, 6.07) is 6.39. The Kier molecular flexibility index (Phi) is 4.44. The minimum absolute atomic E-state index is 0.232. The number of halogens is 1. The molecule has 2 unspecified atom stereocenters. The molecule has 0 saturated heterocycles. The maximum Gasteiger partial charge on any atom is 0.123 e. The summed E-state index contributed by atoms with van der Waals surface area (Å²) in [5.41, 5.74) is 6.80. The van der Waals surface area contributed by atoms with Crippen molar-refractivity contribution in [2.45, 2.75) is 25.8 Å². The lowest BCUT2D eigenvalue weighted by Crippen LogP contribution is -2.40. The number of benzene rings is 1. The van der Waals surface area contributed by atoms with Crippen LogP contribution in [0.25, 0.3) is 0 Å². The first-order valence-electron chi connectivity index (χ1n) is 5.52. The molecule has 3 heteroatoms. The third kappa shape index (κ3) is 3.03. The minimum Gasteiger partial charge on any atom is -0.385 e. The lowest BCUT2D eigenvalue weighted by molar-refractivity contribution is 0.159. The third-order valence-corrected chi connectivity index (χ3v) is 3.24. The molecular weight excluding hydrogens is 205 g/mol. The summed E-state index contributed by atoms with van der Waals surface area (Å²) in [4.78, 5) is 0. The van der Waals surface area contributed by atoms with Crippen molar-refractivity contribution in [2.24, 2.45) is 11.7 Å². The molecule has 0 heterocycles. The zero-order valence-electron chi connectivity index (χ0n) is 10.2. The molecule has 2 atom stereocenters. The fourth-order valence-corrected chi connectivity index (χ4v) is 1.69. The van der Waals surface area contributed by atoms with E-state index in [0.717, 1.165) is 12.0 Å². The van der Waals surface area contributed by atoms with Crippen molar-refractivity contribution in [1.82, 2.24) is 0 Å². The topological polar surface area (TPSA) is 35.2 Å². The second kappa shape index (κ2) is 5.41. The molecule has 0 spiro atoms. The first kappa shape index (κ1) is 13.1. The number of hydrogen-bond donors (Lipinski definition) is 1. The van der Waals surface area contributed by atoms with E-state index < -0.39 is 5.54 Å². The van der Waals surface area contributed by atoms with Crippen LogP contribution in [0.2, 0.25) is 0 Å². The highest BCUT2D eigenvalue weighted by atomic mass is 19.1. The first-order valence-corrected chi connectivity index (χ1v) is 5.52. The molecule has 0 fully saturated rings. The quantitative estimate of drug-likeness (QED) is 0.836. The predicted molar refractivity (Wildman–Crippen MR) is 63.6 cm³/mol. The lowest BCUT2D eigenvalue weighted by atomic mass is 9.80. The molecular formula is C13H20FNO. The molecule has 2 nitrogen and oxygen atoms in total. The van der Waals surface area contributed by atoms with Crippen molar-refractivity contribution < 1.29 is 9.13 Å². The maximum absolute atomic E-state index is 12.8. The van der Waals surface area contributed by atoms with Crippen molar-refractivity contribution >= 4 is 0 Å². The average molecular weight is 225 g/mol. The molecule has 1 rings (SSSR count). The van der Waals surface area contributed by atoms with Gasteiger partial charge in [-0.1, -0.05) is 19.1 Å². The van der Waals surface area contributed by atoms with Crippen molar-refractivity contribution in [3.63, 3.8) is 0 Å². The summed E-state index contributed by atoms with van der Waals surface area (Å²) in [5, 5.41) is 0. The van der Waals surface area contributed by atoms with E-state index in [4.69, 9.17) is 10.5 Å². The molecule has 0 radical (unpaired) electrons. The highest BCUT2D eigenvalue weighted by Crippen LogP contribution is 2.28. The van der Waals surface area contributed by atoms with E-state index in [1.807, 2.05) is 6.92 Å². The van der Waals surface area contributed by atoms with Crippen LogP contribution >= 0.6 is 0 Å². The van der Waals surface area contributed by atoms with Gasteiger partial charge in [0.1, 0.15) is 5.82 Å². The van der Waals surface area contributed by atoms with Gasteiger partial charge in [-0.05, 0) is 37.0 Å². The van der Waals surface area contributed by atoms with Gasteiger partial charge in [-0.2, -0.15) is 0 Å². The molecule has 0 aliphatic rings. The van der Waals surface area contributed by atoms with Gasteiger partial charge in [0, 0.05) is 19.3 Å². The Balaban J connectivity index is 2.79. The highest BCUT2D eigenvalue weighted by molar-refractivity contribution is 5.24. The van der Waals surface area contributed by atoms with Gasteiger partial charge in [0.05, 0.1) is 0 Å². The smallest absolute Gasteiger partial charge is 0.123 e. The zero-order valence-corrected chi connectivity index (χ0v) is 10.2. The van der Waals surface area contributed by atoms with E-state index in [0.29, 0.717) is 6.61 Å². The van der Waals surface area contributed by atoms with E-state index in [1.54, 1.807) is 19.2 Å². The second-order valence-electron chi connectivity index (χ2n) is 4.47. The number of nitrogens with two attached hydrogens (primary N) is 1. The summed E-state index contributed by atoms with van der Waals surface area (Å²) in [7, 11) is 1.68. The Labute approximate surface area is 96.6 Å². The number of methoxy groups -OCH3 is 1. The highest BCUT2D eigenvalue weighted by Gasteiger charge is 2.28. The van der Waals surface area contributed by atoms with Crippen LogP contribution in [0.3, 0.4) is 0 Å². The van der Waals surface area contributed by atoms with Crippen LogP contribution in [-0.2, 0) is 10.3 Å². The van der Waals surface area contributed by atoms with Gasteiger partial charge in [-0.15, -0.1) is 0 Å². The Morgan fingerprint density at radius 2 is 1.94 bits per heavy atom. The van der Waals surface area contributed by atoms with E-state index in [-0.39, 0.29) is 11.7 Å². The van der Waals surface area contributed by atoms with Gasteiger partial charge < -0.3 is 10.5 Å². The molecule has 0 saturated carbocycles. The molecule has 1 aromatic carbocycles. The average Bonchev–Trinajstić information content (AvgIpc) is 2.26. The van der Waals surface area contributed by atoms with Crippen LogP contribution in [0.1, 0.15) is 25.8 Å². The van der Waals surface area contributed by atoms with Crippen LogP contribution in [0, 0.1) is 11.7 Å². The summed E-state index contributed by atoms with van der Waals surface area (Å²) in [6.45, 7) is 4.75. The molecule has 0 aromatic heterocycles. The third-order valence-electron chi connectivity index (χ3n) is 3.24. The van der Waals surface area contributed by atoms with Gasteiger partial charge >= 0.3 is 0 Å². The summed E-state index contributed by atoms with van der Waals surface area (Å²) in [5.74, 6) is 0.0435.